The van der Waals surface area contributed by atoms with Crippen molar-refractivity contribution in [2.75, 3.05) is 13.2 Å². The van der Waals surface area contributed by atoms with E-state index in [9.17, 15) is 4.39 Å². The van der Waals surface area contributed by atoms with Crippen molar-refractivity contribution in [2.45, 2.75) is 11.8 Å². The van der Waals surface area contributed by atoms with E-state index in [0.717, 1.165) is 17.7 Å². The molecule has 0 aliphatic rings. The molecule has 2 nitrogen and oxygen atoms in total. The highest BCUT2D eigenvalue weighted by molar-refractivity contribution is 9.08. The fraction of sp³-hybridized carbons (Fsp3) is 0.250. The molecule has 0 fully saturated rings. The molecule has 0 N–H and O–H groups in total. The van der Waals surface area contributed by atoms with Crippen LogP contribution in [0, 0.1) is 5.82 Å². The topological polar surface area (TPSA) is 18.5 Å². The third kappa shape index (κ3) is 4.85. The first-order valence-corrected chi connectivity index (χ1v) is 7.56. The average Bonchev–Trinajstić information content (AvgIpc) is 2.47. The van der Waals surface area contributed by atoms with Crippen molar-refractivity contribution < 1.29 is 13.9 Å². The van der Waals surface area contributed by atoms with Gasteiger partial charge in [0.05, 0.1) is 13.2 Å². The molecule has 0 aliphatic carbocycles. The second-order valence-electron chi connectivity index (χ2n) is 4.29. The molecule has 0 aliphatic heterocycles. The van der Waals surface area contributed by atoms with Crippen LogP contribution in [0.1, 0.15) is 12.0 Å². The van der Waals surface area contributed by atoms with Gasteiger partial charge in [-0.2, -0.15) is 0 Å². The Labute approximate surface area is 126 Å². The third-order valence-electron chi connectivity index (χ3n) is 2.65. The van der Waals surface area contributed by atoms with E-state index in [1.54, 1.807) is 0 Å². The zero-order valence-corrected chi connectivity index (χ0v) is 12.6. The van der Waals surface area contributed by atoms with Crippen molar-refractivity contribution in [3.8, 4) is 11.5 Å². The largest absolute Gasteiger partial charge is 0.493 e. The highest BCUT2D eigenvalue weighted by atomic mass is 79.9. The zero-order chi connectivity index (χ0) is 14.2. The smallest absolute Gasteiger partial charge is 0.127 e. The van der Waals surface area contributed by atoms with Gasteiger partial charge in [0.15, 0.2) is 0 Å². The minimum absolute atomic E-state index is 0.280. The van der Waals surface area contributed by atoms with Crippen molar-refractivity contribution >= 4 is 15.9 Å². The standard InChI is InChI=1S/C16H16BrFO2/c17-12-13-9-14(18)11-16(10-13)20-8-4-7-19-15-5-2-1-3-6-15/h1-3,5-6,9-11H,4,7-8,12H2. The van der Waals surface area contributed by atoms with E-state index in [1.807, 2.05) is 36.4 Å². The van der Waals surface area contributed by atoms with E-state index in [2.05, 4.69) is 15.9 Å². The van der Waals surface area contributed by atoms with Gasteiger partial charge in [-0.05, 0) is 29.8 Å². The van der Waals surface area contributed by atoms with E-state index in [-0.39, 0.29) is 5.82 Å². The molecule has 0 unspecified atom stereocenters. The highest BCUT2D eigenvalue weighted by Crippen LogP contribution is 2.18. The van der Waals surface area contributed by atoms with E-state index in [4.69, 9.17) is 9.47 Å². The SMILES string of the molecule is Fc1cc(CBr)cc(OCCCOc2ccccc2)c1. The highest BCUT2D eigenvalue weighted by Gasteiger charge is 2.01. The third-order valence-corrected chi connectivity index (χ3v) is 3.30. The van der Waals surface area contributed by atoms with E-state index in [0.29, 0.717) is 24.3 Å². The Balaban J connectivity index is 1.72. The molecule has 4 heteroatoms. The van der Waals surface area contributed by atoms with Crippen molar-refractivity contribution in [3.63, 3.8) is 0 Å². The first-order valence-electron chi connectivity index (χ1n) is 6.44. The fourth-order valence-corrected chi connectivity index (χ4v) is 2.06. The molecule has 2 rings (SSSR count). The molecule has 0 saturated heterocycles. The van der Waals surface area contributed by atoms with Gasteiger partial charge in [0.25, 0.3) is 0 Å². The summed E-state index contributed by atoms with van der Waals surface area (Å²) in [6, 6.07) is 14.3. The van der Waals surface area contributed by atoms with Gasteiger partial charge >= 0.3 is 0 Å². The predicted molar refractivity (Wildman–Crippen MR) is 81.1 cm³/mol. The summed E-state index contributed by atoms with van der Waals surface area (Å²) in [5.41, 5.74) is 0.862. The molecule has 106 valence electrons. The summed E-state index contributed by atoms with van der Waals surface area (Å²) in [7, 11) is 0. The Morgan fingerprint density at radius 3 is 2.30 bits per heavy atom. The van der Waals surface area contributed by atoms with Gasteiger partial charge in [-0.25, -0.2) is 4.39 Å². The lowest BCUT2D eigenvalue weighted by molar-refractivity contribution is 0.247. The first-order chi connectivity index (χ1) is 9.78. The molecule has 2 aromatic rings. The van der Waals surface area contributed by atoms with Gasteiger partial charge in [-0.15, -0.1) is 0 Å². The minimum Gasteiger partial charge on any atom is -0.493 e. The monoisotopic (exact) mass is 338 g/mol. The number of benzene rings is 2. The van der Waals surface area contributed by atoms with Gasteiger partial charge in [0.2, 0.25) is 0 Å². The number of rotatable bonds is 7. The summed E-state index contributed by atoms with van der Waals surface area (Å²) < 4.78 is 24.4. The second kappa shape index (κ2) is 7.90. The quantitative estimate of drug-likeness (QED) is 0.543. The summed E-state index contributed by atoms with van der Waals surface area (Å²) in [5.74, 6) is 1.12. The van der Waals surface area contributed by atoms with Crippen LogP contribution in [0.2, 0.25) is 0 Å². The fourth-order valence-electron chi connectivity index (χ4n) is 1.74. The van der Waals surface area contributed by atoms with Crippen molar-refractivity contribution in [1.29, 1.82) is 0 Å². The molecule has 20 heavy (non-hydrogen) atoms. The molecular weight excluding hydrogens is 323 g/mol. The molecule has 0 amide bonds. The Kier molecular flexibility index (Phi) is 5.87. The lowest BCUT2D eigenvalue weighted by Crippen LogP contribution is -2.05. The number of para-hydroxylation sites is 1. The maximum absolute atomic E-state index is 13.3. The predicted octanol–water partition coefficient (Wildman–Crippen LogP) is 4.57. The maximum Gasteiger partial charge on any atom is 0.127 e. The Hall–Kier alpha value is -1.55. The van der Waals surface area contributed by atoms with Crippen LogP contribution in [0.5, 0.6) is 11.5 Å². The summed E-state index contributed by atoms with van der Waals surface area (Å²) >= 11 is 3.30. The maximum atomic E-state index is 13.3. The molecular formula is C16H16BrFO2. The average molecular weight is 339 g/mol. The van der Waals surface area contributed by atoms with Crippen molar-refractivity contribution in [1.82, 2.24) is 0 Å². The molecule has 0 spiro atoms. The van der Waals surface area contributed by atoms with Crippen LogP contribution in [0.15, 0.2) is 48.5 Å². The van der Waals surface area contributed by atoms with Crippen LogP contribution >= 0.6 is 15.9 Å². The van der Waals surface area contributed by atoms with Gasteiger partial charge in [0.1, 0.15) is 17.3 Å². The normalized spacial score (nSPS) is 10.3. The Morgan fingerprint density at radius 2 is 1.60 bits per heavy atom. The van der Waals surface area contributed by atoms with Crippen LogP contribution in [0.3, 0.4) is 0 Å². The molecule has 0 aromatic heterocycles. The zero-order valence-electron chi connectivity index (χ0n) is 11.0. The van der Waals surface area contributed by atoms with E-state index >= 15 is 0 Å². The lowest BCUT2D eigenvalue weighted by Gasteiger charge is -2.09. The van der Waals surface area contributed by atoms with E-state index < -0.39 is 0 Å². The number of hydrogen-bond donors (Lipinski definition) is 0. The summed E-state index contributed by atoms with van der Waals surface area (Å²) in [6.07, 6.45) is 0.745. The van der Waals surface area contributed by atoms with Gasteiger partial charge in [0, 0.05) is 17.8 Å². The molecule has 0 atom stereocenters. The molecule has 2 aromatic carbocycles. The number of ether oxygens (including phenoxy) is 2. The summed E-state index contributed by atoms with van der Waals surface area (Å²) in [4.78, 5) is 0. The van der Waals surface area contributed by atoms with Crippen LogP contribution < -0.4 is 9.47 Å². The molecule has 0 bridgehead atoms. The van der Waals surface area contributed by atoms with Gasteiger partial charge in [-0.3, -0.25) is 0 Å². The van der Waals surface area contributed by atoms with Crippen LogP contribution in [0.25, 0.3) is 0 Å². The Morgan fingerprint density at radius 1 is 0.900 bits per heavy atom. The summed E-state index contributed by atoms with van der Waals surface area (Å²) in [5, 5.41) is 0.609. The van der Waals surface area contributed by atoms with E-state index in [1.165, 1.54) is 12.1 Å². The number of hydrogen-bond acceptors (Lipinski definition) is 2. The van der Waals surface area contributed by atoms with Crippen molar-refractivity contribution in [3.05, 3.63) is 59.9 Å². The molecule has 0 saturated carbocycles. The number of alkyl halides is 1. The first kappa shape index (κ1) is 14.9. The van der Waals surface area contributed by atoms with Gasteiger partial charge in [-0.1, -0.05) is 34.1 Å². The lowest BCUT2D eigenvalue weighted by atomic mass is 10.2. The second-order valence-corrected chi connectivity index (χ2v) is 4.85. The number of halogens is 2. The van der Waals surface area contributed by atoms with Crippen LogP contribution in [0.4, 0.5) is 4.39 Å². The molecule has 0 radical (unpaired) electrons. The summed E-state index contributed by atoms with van der Waals surface area (Å²) in [6.45, 7) is 1.07. The minimum atomic E-state index is -0.280. The van der Waals surface area contributed by atoms with Crippen LogP contribution in [-0.2, 0) is 5.33 Å². The van der Waals surface area contributed by atoms with Gasteiger partial charge < -0.3 is 9.47 Å². The van der Waals surface area contributed by atoms with Crippen LogP contribution in [-0.4, -0.2) is 13.2 Å². The molecule has 0 heterocycles. The van der Waals surface area contributed by atoms with Crippen molar-refractivity contribution in [2.24, 2.45) is 0 Å². The Bertz CT molecular complexity index is 531.